The van der Waals surface area contributed by atoms with Gasteiger partial charge in [-0.05, 0) is 0 Å². The molecule has 4 N–H and O–H groups in total. The van der Waals surface area contributed by atoms with E-state index in [-0.39, 0.29) is 26.6 Å². The Morgan fingerprint density at radius 1 is 0.806 bits per heavy atom. The maximum absolute atomic E-state index is 11.3. The summed E-state index contributed by atoms with van der Waals surface area (Å²) in [5, 5.41) is 38.4. The zero-order valence-electron chi connectivity index (χ0n) is 17.6. The number of carboxylic acids is 1. The van der Waals surface area contributed by atoms with Gasteiger partial charge in [0.15, 0.2) is 0 Å². The lowest BCUT2D eigenvalue weighted by Gasteiger charge is -2.37. The first kappa shape index (κ1) is 27.2. The third-order valence-corrected chi connectivity index (χ3v) is 5.17. The Bertz CT molecular complexity index is 528. The van der Waals surface area contributed by atoms with Crippen molar-refractivity contribution in [3.05, 3.63) is 0 Å². The highest BCUT2D eigenvalue weighted by molar-refractivity contribution is 5.69. The second-order valence-corrected chi connectivity index (χ2v) is 7.23. The molecule has 1 aliphatic heterocycles. The molecule has 13 heteroatoms. The van der Waals surface area contributed by atoms with E-state index in [2.05, 4.69) is 0 Å². The average molecular weight is 450 g/mol. The molecule has 0 amide bonds. The fourth-order valence-corrected chi connectivity index (χ4v) is 3.37. The Hall–Kier alpha value is -1.87. The van der Waals surface area contributed by atoms with Gasteiger partial charge in [-0.3, -0.25) is 34.0 Å². The second kappa shape index (κ2) is 15.9. The first-order chi connectivity index (χ1) is 14.9. The summed E-state index contributed by atoms with van der Waals surface area (Å²) >= 11 is 0. The second-order valence-electron chi connectivity index (χ2n) is 7.23. The van der Waals surface area contributed by atoms with Crippen LogP contribution in [0.5, 0.6) is 0 Å². The number of ether oxygens (including phenoxy) is 2. The van der Waals surface area contributed by atoms with Crippen molar-refractivity contribution in [2.45, 2.75) is 12.1 Å². The molecule has 1 rings (SSSR count). The summed E-state index contributed by atoms with van der Waals surface area (Å²) in [5.74, 6) is -0.986. The highest BCUT2D eigenvalue weighted by atomic mass is 16.5. The van der Waals surface area contributed by atoms with Crippen LogP contribution in [0.15, 0.2) is 0 Å². The zero-order chi connectivity index (χ0) is 23.1. The maximum Gasteiger partial charge on any atom is 0.317 e. The molecule has 0 aromatic rings. The van der Waals surface area contributed by atoms with Crippen LogP contribution in [0.2, 0.25) is 0 Å². The van der Waals surface area contributed by atoms with Crippen molar-refractivity contribution in [3.63, 3.8) is 0 Å². The Kier molecular flexibility index (Phi) is 13.9. The molecule has 180 valence electrons. The van der Waals surface area contributed by atoms with E-state index in [0.29, 0.717) is 65.3 Å². The number of rotatable bonds is 12. The summed E-state index contributed by atoms with van der Waals surface area (Å²) < 4.78 is 9.72. The number of carbonyl (C=O) groups excluding carboxylic acids is 2. The van der Waals surface area contributed by atoms with Gasteiger partial charge in [-0.1, -0.05) is 0 Å². The fourth-order valence-electron chi connectivity index (χ4n) is 3.37. The predicted octanol–water partition coefficient (Wildman–Crippen LogP) is -3.73. The van der Waals surface area contributed by atoms with Gasteiger partial charge in [-0.15, -0.1) is 0 Å². The molecule has 0 unspecified atom stereocenters. The normalized spacial score (nSPS) is 20.7. The Balaban J connectivity index is 2.99. The third-order valence-electron chi connectivity index (χ3n) is 5.17. The molecule has 0 aromatic heterocycles. The number of aliphatic hydroxyl groups excluding tert-OH is 3. The number of hydrogen-bond acceptors (Lipinski definition) is 12. The highest BCUT2D eigenvalue weighted by Crippen LogP contribution is 2.08. The van der Waals surface area contributed by atoms with Gasteiger partial charge < -0.3 is 29.9 Å². The van der Waals surface area contributed by atoms with Gasteiger partial charge in [-0.2, -0.15) is 0 Å². The largest absolute Gasteiger partial charge is 0.480 e. The fraction of sp³-hybridized carbons (Fsp3) is 0.833. The lowest BCUT2D eigenvalue weighted by molar-refractivity contribution is -0.139. The standard InChI is InChI=1S/C18H34N4O9/c23-10-16(17(27)11-24)22-7-5-19(9-18(28)29)1-2-20(12-30-14-25)3-4-21(6-8-22)13-31-15-26/h14-17,23-24,27H,1-13H2,(H,28,29)/t16-,17-/m1/s1. The molecule has 1 saturated heterocycles. The average Bonchev–Trinajstić information content (AvgIpc) is 2.75. The Labute approximate surface area is 181 Å². The number of nitrogens with zero attached hydrogens (tertiary/aromatic N) is 4. The van der Waals surface area contributed by atoms with E-state index in [4.69, 9.17) is 9.47 Å². The molecule has 0 spiro atoms. The predicted molar refractivity (Wildman–Crippen MR) is 107 cm³/mol. The summed E-state index contributed by atoms with van der Waals surface area (Å²) in [6.45, 7) is 2.91. The molecule has 31 heavy (non-hydrogen) atoms. The van der Waals surface area contributed by atoms with Crippen LogP contribution in [-0.4, -0.2) is 157 Å². The Morgan fingerprint density at radius 2 is 1.26 bits per heavy atom. The monoisotopic (exact) mass is 450 g/mol. The van der Waals surface area contributed by atoms with E-state index in [1.165, 1.54) is 0 Å². The lowest BCUT2D eigenvalue weighted by atomic mass is 10.1. The van der Waals surface area contributed by atoms with Crippen LogP contribution in [0, 0.1) is 0 Å². The summed E-state index contributed by atoms with van der Waals surface area (Å²) in [5.41, 5.74) is 0. The number of carboxylic acid groups (broad SMARTS) is 1. The van der Waals surface area contributed by atoms with Crippen LogP contribution in [0.3, 0.4) is 0 Å². The summed E-state index contributed by atoms with van der Waals surface area (Å²) in [4.78, 5) is 39.7. The molecule has 0 bridgehead atoms. The highest BCUT2D eigenvalue weighted by Gasteiger charge is 2.27. The minimum absolute atomic E-state index is 0.0389. The molecule has 0 aromatic carbocycles. The van der Waals surface area contributed by atoms with Crippen LogP contribution < -0.4 is 0 Å². The minimum atomic E-state index is -1.17. The number of hydrogen-bond donors (Lipinski definition) is 4. The van der Waals surface area contributed by atoms with Gasteiger partial charge in [0.2, 0.25) is 0 Å². The number of aliphatic hydroxyl groups is 3. The van der Waals surface area contributed by atoms with Crippen LogP contribution in [-0.2, 0) is 23.9 Å². The van der Waals surface area contributed by atoms with Gasteiger partial charge in [0.25, 0.3) is 12.9 Å². The molecule has 2 atom stereocenters. The van der Waals surface area contributed by atoms with Crippen molar-refractivity contribution >= 4 is 18.9 Å². The van der Waals surface area contributed by atoms with Gasteiger partial charge >= 0.3 is 5.97 Å². The van der Waals surface area contributed by atoms with Gasteiger partial charge in [-0.25, -0.2) is 0 Å². The van der Waals surface area contributed by atoms with E-state index in [0.717, 1.165) is 0 Å². The maximum atomic E-state index is 11.3. The van der Waals surface area contributed by atoms with Gasteiger partial charge in [0, 0.05) is 52.4 Å². The minimum Gasteiger partial charge on any atom is -0.480 e. The van der Waals surface area contributed by atoms with Crippen LogP contribution in [0.25, 0.3) is 0 Å². The first-order valence-corrected chi connectivity index (χ1v) is 10.1. The quantitative estimate of drug-likeness (QED) is 0.215. The number of carbonyl (C=O) groups is 3. The van der Waals surface area contributed by atoms with Crippen molar-refractivity contribution < 1.29 is 44.3 Å². The van der Waals surface area contributed by atoms with Crippen LogP contribution in [0.1, 0.15) is 0 Å². The van der Waals surface area contributed by atoms with E-state index in [9.17, 15) is 34.8 Å². The molecule has 0 aliphatic carbocycles. The van der Waals surface area contributed by atoms with E-state index < -0.39 is 24.7 Å². The third kappa shape index (κ3) is 10.8. The molecular formula is C18H34N4O9. The summed E-state index contributed by atoms with van der Waals surface area (Å²) in [7, 11) is 0. The van der Waals surface area contributed by atoms with Gasteiger partial charge in [0.05, 0.1) is 31.9 Å². The summed E-state index contributed by atoms with van der Waals surface area (Å²) in [6.07, 6.45) is -1.17. The van der Waals surface area contributed by atoms with Crippen molar-refractivity contribution in [3.8, 4) is 0 Å². The van der Waals surface area contributed by atoms with Crippen molar-refractivity contribution in [2.75, 3.05) is 85.6 Å². The van der Waals surface area contributed by atoms with Crippen molar-refractivity contribution in [1.82, 2.24) is 19.6 Å². The molecular weight excluding hydrogens is 416 g/mol. The van der Waals surface area contributed by atoms with Crippen LogP contribution in [0.4, 0.5) is 0 Å². The van der Waals surface area contributed by atoms with Crippen molar-refractivity contribution in [2.24, 2.45) is 0 Å². The van der Waals surface area contributed by atoms with E-state index in [1.54, 1.807) is 9.80 Å². The summed E-state index contributed by atoms with van der Waals surface area (Å²) in [6, 6.07) is -0.731. The SMILES string of the molecule is O=COCN1CCN(COC=O)CCN([C@H](CO)[C@H](O)CO)CCN(CC(=O)O)CC1. The van der Waals surface area contributed by atoms with Crippen LogP contribution >= 0.6 is 0 Å². The smallest absolute Gasteiger partial charge is 0.317 e. The molecule has 1 aliphatic rings. The first-order valence-electron chi connectivity index (χ1n) is 10.1. The zero-order valence-corrected chi connectivity index (χ0v) is 17.6. The molecule has 1 fully saturated rings. The molecule has 13 nitrogen and oxygen atoms in total. The molecule has 0 radical (unpaired) electrons. The Morgan fingerprint density at radius 3 is 1.68 bits per heavy atom. The van der Waals surface area contributed by atoms with Crippen molar-refractivity contribution in [1.29, 1.82) is 0 Å². The molecule has 0 saturated carbocycles. The lowest BCUT2D eigenvalue weighted by Crippen LogP contribution is -2.54. The molecule has 1 heterocycles. The van der Waals surface area contributed by atoms with E-state index >= 15 is 0 Å². The number of aliphatic carboxylic acids is 1. The topological polar surface area (TPSA) is 164 Å². The van der Waals surface area contributed by atoms with Gasteiger partial charge in [0.1, 0.15) is 13.5 Å². The van der Waals surface area contributed by atoms with E-state index in [1.807, 2.05) is 9.80 Å².